The van der Waals surface area contributed by atoms with Gasteiger partial charge in [-0.1, -0.05) is 24.3 Å². The molecule has 0 aliphatic carbocycles. The fourth-order valence-electron chi connectivity index (χ4n) is 2.70. The van der Waals surface area contributed by atoms with Crippen LogP contribution < -0.4 is 14.9 Å². The number of carbonyl (C=O) groups excluding carboxylic acids is 2. The second-order valence-corrected chi connectivity index (χ2v) is 8.25. The molecule has 1 unspecified atom stereocenters. The summed E-state index contributed by atoms with van der Waals surface area (Å²) in [5, 5.41) is 4.70. The van der Waals surface area contributed by atoms with Gasteiger partial charge in [0.05, 0.1) is 11.9 Å². The zero-order valence-corrected chi connectivity index (χ0v) is 16.9. The van der Waals surface area contributed by atoms with Crippen molar-refractivity contribution in [3.63, 3.8) is 0 Å². The van der Waals surface area contributed by atoms with E-state index in [4.69, 9.17) is 0 Å². The van der Waals surface area contributed by atoms with Gasteiger partial charge in [-0.05, 0) is 36.2 Å². The lowest BCUT2D eigenvalue weighted by atomic mass is 10.1. The van der Waals surface area contributed by atoms with Gasteiger partial charge in [0.1, 0.15) is 12.6 Å². The lowest BCUT2D eigenvalue weighted by Gasteiger charge is -2.25. The molecule has 0 bridgehead atoms. The molecule has 0 aromatic heterocycles. The molecule has 0 saturated carbocycles. The maximum atomic E-state index is 13.6. The summed E-state index contributed by atoms with van der Waals surface area (Å²) in [7, 11) is -2.49. The number of nitrogens with one attached hydrogen (secondary N) is 2. The summed E-state index contributed by atoms with van der Waals surface area (Å²) in [5.41, 5.74) is 0.960. The Morgan fingerprint density at radius 3 is 2.31 bits per heavy atom. The van der Waals surface area contributed by atoms with E-state index in [0.717, 1.165) is 28.8 Å². The maximum absolute atomic E-state index is 13.6. The molecule has 2 N–H and O–H groups in total. The molecule has 2 rings (SSSR count). The molecule has 0 fully saturated rings. The van der Waals surface area contributed by atoms with Crippen molar-refractivity contribution < 1.29 is 26.8 Å². The highest BCUT2D eigenvalue weighted by Crippen LogP contribution is 2.22. The van der Waals surface area contributed by atoms with Crippen molar-refractivity contribution >= 4 is 27.5 Å². The lowest BCUT2D eigenvalue weighted by molar-refractivity contribution is -0.128. The van der Waals surface area contributed by atoms with Crippen LogP contribution in [0.15, 0.2) is 42.5 Å². The molecule has 2 amide bonds. The summed E-state index contributed by atoms with van der Waals surface area (Å²) in [6, 6.07) is 8.07. The van der Waals surface area contributed by atoms with Crippen LogP contribution >= 0.6 is 0 Å². The topological polar surface area (TPSA) is 95.6 Å². The van der Waals surface area contributed by atoms with Gasteiger partial charge in [-0.25, -0.2) is 17.2 Å². The van der Waals surface area contributed by atoms with Gasteiger partial charge in [0, 0.05) is 7.05 Å². The van der Waals surface area contributed by atoms with E-state index in [-0.39, 0.29) is 5.56 Å². The van der Waals surface area contributed by atoms with Gasteiger partial charge < -0.3 is 10.6 Å². The first-order valence-electron chi connectivity index (χ1n) is 8.54. The second-order valence-electron chi connectivity index (χ2n) is 6.34. The van der Waals surface area contributed by atoms with Crippen LogP contribution in [-0.4, -0.2) is 40.1 Å². The van der Waals surface area contributed by atoms with Crippen LogP contribution in [0.25, 0.3) is 0 Å². The number of para-hydroxylation sites is 1. The molecular weight excluding hydrogens is 404 g/mol. The van der Waals surface area contributed by atoms with Crippen LogP contribution in [0.2, 0.25) is 0 Å². The molecule has 156 valence electrons. The van der Waals surface area contributed by atoms with Gasteiger partial charge in [-0.3, -0.25) is 13.9 Å². The van der Waals surface area contributed by atoms with Gasteiger partial charge in [0.15, 0.2) is 11.6 Å². The van der Waals surface area contributed by atoms with Gasteiger partial charge in [0.2, 0.25) is 21.8 Å². The summed E-state index contributed by atoms with van der Waals surface area (Å²) in [5.74, 6) is -3.75. The molecule has 0 saturated heterocycles. The quantitative estimate of drug-likeness (QED) is 0.705. The van der Waals surface area contributed by atoms with E-state index in [9.17, 15) is 26.8 Å². The number of rotatable bonds is 7. The van der Waals surface area contributed by atoms with Gasteiger partial charge >= 0.3 is 0 Å². The largest absolute Gasteiger partial charge is 0.357 e. The number of amides is 2. The Morgan fingerprint density at radius 2 is 1.76 bits per heavy atom. The molecule has 2 aromatic rings. The maximum Gasteiger partial charge on any atom is 0.246 e. The predicted molar refractivity (Wildman–Crippen MR) is 105 cm³/mol. The fourth-order valence-corrected chi connectivity index (χ4v) is 3.61. The summed E-state index contributed by atoms with van der Waals surface area (Å²) in [4.78, 5) is 24.8. The van der Waals surface area contributed by atoms with E-state index in [1.165, 1.54) is 7.05 Å². The predicted octanol–water partition coefficient (Wildman–Crippen LogP) is 1.64. The highest BCUT2D eigenvalue weighted by Gasteiger charge is 2.27. The Morgan fingerprint density at radius 1 is 1.10 bits per heavy atom. The van der Waals surface area contributed by atoms with E-state index < -0.39 is 46.1 Å². The van der Waals surface area contributed by atoms with E-state index in [1.54, 1.807) is 31.2 Å². The zero-order chi connectivity index (χ0) is 21.8. The van der Waals surface area contributed by atoms with Crippen molar-refractivity contribution in [1.82, 2.24) is 10.6 Å². The van der Waals surface area contributed by atoms with Crippen molar-refractivity contribution in [2.45, 2.75) is 13.0 Å². The van der Waals surface area contributed by atoms with Crippen LogP contribution in [0.5, 0.6) is 0 Å². The molecule has 0 radical (unpaired) electrons. The van der Waals surface area contributed by atoms with Gasteiger partial charge in [0.25, 0.3) is 0 Å². The fraction of sp³-hybridized carbons (Fsp3) is 0.263. The first kappa shape index (κ1) is 22.3. The van der Waals surface area contributed by atoms with Crippen molar-refractivity contribution in [1.29, 1.82) is 0 Å². The van der Waals surface area contributed by atoms with E-state index in [1.807, 2.05) is 0 Å². The van der Waals surface area contributed by atoms with Crippen molar-refractivity contribution in [3.05, 3.63) is 65.2 Å². The summed E-state index contributed by atoms with van der Waals surface area (Å²) in [6.45, 7) is 1.10. The van der Waals surface area contributed by atoms with E-state index >= 15 is 0 Å². The van der Waals surface area contributed by atoms with Gasteiger partial charge in [-0.2, -0.15) is 0 Å². The number of carbonyl (C=O) groups is 2. The SMILES string of the molecule is CNC(=O)C(NC(=O)CN(c1ccccc1C)S(C)(=O)=O)c1ccc(F)c(F)c1. The van der Waals surface area contributed by atoms with E-state index in [2.05, 4.69) is 10.6 Å². The Labute approximate surface area is 167 Å². The number of hydrogen-bond donors (Lipinski definition) is 2. The molecule has 29 heavy (non-hydrogen) atoms. The molecule has 10 heteroatoms. The molecule has 0 heterocycles. The summed E-state index contributed by atoms with van der Waals surface area (Å²) < 4.78 is 52.1. The van der Waals surface area contributed by atoms with E-state index in [0.29, 0.717) is 11.3 Å². The van der Waals surface area contributed by atoms with Crippen LogP contribution in [-0.2, 0) is 19.6 Å². The van der Waals surface area contributed by atoms with Gasteiger partial charge in [-0.15, -0.1) is 0 Å². The molecule has 1 atom stereocenters. The Hall–Kier alpha value is -3.01. The summed E-state index contributed by atoms with van der Waals surface area (Å²) >= 11 is 0. The van der Waals surface area contributed by atoms with Crippen molar-refractivity contribution in [2.75, 3.05) is 24.2 Å². The first-order valence-corrected chi connectivity index (χ1v) is 10.4. The Balaban J connectivity index is 2.31. The molecule has 2 aromatic carbocycles. The van der Waals surface area contributed by atoms with Crippen molar-refractivity contribution in [3.8, 4) is 0 Å². The number of aryl methyl sites for hydroxylation is 1. The number of nitrogens with zero attached hydrogens (tertiary/aromatic N) is 1. The number of anilines is 1. The monoisotopic (exact) mass is 425 g/mol. The minimum absolute atomic E-state index is 0.0124. The van der Waals surface area contributed by atoms with Crippen LogP contribution in [0.1, 0.15) is 17.2 Å². The number of halogens is 2. The Bertz CT molecular complexity index is 1030. The molecule has 0 aliphatic rings. The smallest absolute Gasteiger partial charge is 0.246 e. The van der Waals surface area contributed by atoms with Crippen LogP contribution in [0.3, 0.4) is 0 Å². The highest BCUT2D eigenvalue weighted by atomic mass is 32.2. The number of likely N-dealkylation sites (N-methyl/N-ethyl adjacent to an activating group) is 1. The third kappa shape index (κ3) is 5.50. The third-order valence-corrected chi connectivity index (χ3v) is 5.29. The normalized spacial score (nSPS) is 12.2. The summed E-state index contributed by atoms with van der Waals surface area (Å²) in [6.07, 6.45) is 0.957. The first-order chi connectivity index (χ1) is 13.5. The number of benzene rings is 2. The molecule has 0 spiro atoms. The molecular formula is C19H21F2N3O4S. The highest BCUT2D eigenvalue weighted by molar-refractivity contribution is 7.92. The average Bonchev–Trinajstić information content (AvgIpc) is 2.65. The minimum atomic E-state index is -3.81. The molecule has 0 aliphatic heterocycles. The standard InChI is InChI=1S/C19H21F2N3O4S/c1-12-6-4-5-7-16(12)24(29(3,27)28)11-17(25)23-18(19(26)22-2)13-8-9-14(20)15(21)10-13/h4-10,18H,11H2,1-3H3,(H,22,26)(H,23,25). The molecule has 7 nitrogen and oxygen atoms in total. The van der Waals surface area contributed by atoms with Crippen molar-refractivity contribution in [2.24, 2.45) is 0 Å². The number of hydrogen-bond acceptors (Lipinski definition) is 4. The number of sulfonamides is 1. The minimum Gasteiger partial charge on any atom is -0.357 e. The average molecular weight is 425 g/mol. The Kier molecular flexibility index (Phi) is 6.91. The van der Waals surface area contributed by atoms with Crippen LogP contribution in [0.4, 0.5) is 14.5 Å². The zero-order valence-electron chi connectivity index (χ0n) is 16.1. The lowest BCUT2D eigenvalue weighted by Crippen LogP contribution is -2.45. The third-order valence-electron chi connectivity index (χ3n) is 4.16. The second kappa shape index (κ2) is 8.99. The van der Waals surface area contributed by atoms with Crippen LogP contribution in [0, 0.1) is 18.6 Å².